The van der Waals surface area contributed by atoms with Crippen molar-refractivity contribution in [1.82, 2.24) is 5.32 Å². The van der Waals surface area contributed by atoms with E-state index < -0.39 is 10.8 Å². The van der Waals surface area contributed by atoms with E-state index in [9.17, 15) is 14.3 Å². The topological polar surface area (TPSA) is 72.2 Å². The summed E-state index contributed by atoms with van der Waals surface area (Å²) in [6, 6.07) is 1.58. The Hall–Kier alpha value is -0.790. The number of thiophene rings is 1. The molecule has 0 fully saturated rings. The van der Waals surface area contributed by atoms with E-state index in [1.54, 1.807) is 17.7 Å². The zero-order valence-corrected chi connectivity index (χ0v) is 11.5. The lowest BCUT2D eigenvalue weighted by molar-refractivity contribution is -0.380. The number of nitro groups is 1. The van der Waals surface area contributed by atoms with Crippen molar-refractivity contribution in [2.45, 2.75) is 25.1 Å². The van der Waals surface area contributed by atoms with Gasteiger partial charge in [0.1, 0.15) is 0 Å². The third-order valence-corrected chi connectivity index (χ3v) is 4.74. The largest absolute Gasteiger partial charge is 0.324 e. The Kier molecular flexibility index (Phi) is 5.73. The first-order valence-electron chi connectivity index (χ1n) is 5.25. The maximum atomic E-state index is 11.1. The van der Waals surface area contributed by atoms with Gasteiger partial charge < -0.3 is 5.32 Å². The molecule has 0 aliphatic heterocycles. The first kappa shape index (κ1) is 14.3. The quantitative estimate of drug-likeness (QED) is 0.469. The van der Waals surface area contributed by atoms with Crippen LogP contribution in [-0.2, 0) is 17.3 Å². The van der Waals surface area contributed by atoms with Gasteiger partial charge in [0, 0.05) is 40.3 Å². The van der Waals surface area contributed by atoms with Crippen molar-refractivity contribution in [3.63, 3.8) is 0 Å². The van der Waals surface area contributed by atoms with Gasteiger partial charge in [0.15, 0.2) is 0 Å². The van der Waals surface area contributed by atoms with Crippen molar-refractivity contribution in [2.24, 2.45) is 0 Å². The zero-order valence-electron chi connectivity index (χ0n) is 9.84. The summed E-state index contributed by atoms with van der Waals surface area (Å²) in [6.45, 7) is 3.34. The molecule has 0 saturated carbocycles. The van der Waals surface area contributed by atoms with Gasteiger partial charge in [-0.25, -0.2) is 0 Å². The fourth-order valence-electron chi connectivity index (χ4n) is 1.26. The Morgan fingerprint density at radius 2 is 2.35 bits per heavy atom. The number of nitrogens with one attached hydrogen (secondary N) is 1. The van der Waals surface area contributed by atoms with E-state index in [0.29, 0.717) is 6.54 Å². The van der Waals surface area contributed by atoms with Gasteiger partial charge in [0.25, 0.3) is 0 Å². The van der Waals surface area contributed by atoms with Crippen LogP contribution in [-0.4, -0.2) is 27.2 Å². The molecule has 1 aromatic heterocycles. The predicted octanol–water partition coefficient (Wildman–Crippen LogP) is 1.90. The monoisotopic (exact) mass is 276 g/mol. The molecule has 5 nitrogen and oxygen atoms in total. The molecule has 0 amide bonds. The van der Waals surface area contributed by atoms with Crippen molar-refractivity contribution in [3.05, 3.63) is 27.1 Å². The van der Waals surface area contributed by atoms with Gasteiger partial charge in [0.05, 0.1) is 4.92 Å². The number of hydrogen-bond donors (Lipinski definition) is 1. The molecule has 17 heavy (non-hydrogen) atoms. The molecule has 2 atom stereocenters. The van der Waals surface area contributed by atoms with Crippen molar-refractivity contribution < 1.29 is 9.13 Å². The van der Waals surface area contributed by atoms with Gasteiger partial charge in [-0.2, -0.15) is 0 Å². The highest BCUT2D eigenvalue weighted by atomic mass is 32.2. The molecule has 1 rings (SSSR count). The third kappa shape index (κ3) is 4.93. The average Bonchev–Trinajstić information content (AvgIpc) is 2.72. The second-order valence-corrected chi connectivity index (χ2v) is 6.52. The standard InChI is InChI=1S/C10H16N2O3S2/c1-8(17(2)15)3-4-11-6-9-5-10(12(13)14)16-7-9/h5,7-8,11H,3-4,6H2,1-2H3. The molecule has 0 aliphatic rings. The van der Waals surface area contributed by atoms with E-state index in [1.807, 2.05) is 6.92 Å². The summed E-state index contributed by atoms with van der Waals surface area (Å²) < 4.78 is 11.1. The smallest absolute Gasteiger partial charge is 0.313 e. The SMILES string of the molecule is CC(CCNCc1csc([N+](=O)[O-])c1)S(C)=O. The van der Waals surface area contributed by atoms with Crippen molar-refractivity contribution >= 4 is 27.1 Å². The molecule has 1 N–H and O–H groups in total. The van der Waals surface area contributed by atoms with Crippen LogP contribution in [0.1, 0.15) is 18.9 Å². The van der Waals surface area contributed by atoms with Crippen LogP contribution in [0.4, 0.5) is 5.00 Å². The van der Waals surface area contributed by atoms with Crippen LogP contribution in [0.25, 0.3) is 0 Å². The second-order valence-electron chi connectivity index (χ2n) is 3.82. The minimum atomic E-state index is -0.788. The molecular formula is C10H16N2O3S2. The molecular weight excluding hydrogens is 260 g/mol. The van der Waals surface area contributed by atoms with Gasteiger partial charge >= 0.3 is 5.00 Å². The lowest BCUT2D eigenvalue weighted by Gasteiger charge is -2.08. The number of nitrogens with zero attached hydrogens (tertiary/aromatic N) is 1. The van der Waals surface area contributed by atoms with Crippen molar-refractivity contribution in [1.29, 1.82) is 0 Å². The van der Waals surface area contributed by atoms with E-state index in [0.717, 1.165) is 29.9 Å². The van der Waals surface area contributed by atoms with E-state index in [2.05, 4.69) is 5.32 Å². The van der Waals surface area contributed by atoms with Gasteiger partial charge in [-0.3, -0.25) is 14.3 Å². The summed E-state index contributed by atoms with van der Waals surface area (Å²) in [7, 11) is -0.788. The van der Waals surface area contributed by atoms with E-state index in [1.165, 1.54) is 0 Å². The molecule has 0 aliphatic carbocycles. The summed E-state index contributed by atoms with van der Waals surface area (Å²) in [5.41, 5.74) is 0.923. The average molecular weight is 276 g/mol. The maximum Gasteiger partial charge on any atom is 0.324 e. The van der Waals surface area contributed by atoms with Crippen LogP contribution in [0.5, 0.6) is 0 Å². The molecule has 1 aromatic rings. The molecule has 0 saturated heterocycles. The molecule has 1 heterocycles. The number of hydrogen-bond acceptors (Lipinski definition) is 5. The molecule has 0 spiro atoms. The first-order chi connectivity index (χ1) is 8.00. The van der Waals surface area contributed by atoms with Crippen molar-refractivity contribution in [2.75, 3.05) is 12.8 Å². The normalized spacial score (nSPS) is 14.5. The first-order valence-corrected chi connectivity index (χ1v) is 7.75. The van der Waals surface area contributed by atoms with Gasteiger partial charge in [-0.15, -0.1) is 0 Å². The Balaban J connectivity index is 2.26. The summed E-state index contributed by atoms with van der Waals surface area (Å²) in [5.74, 6) is 0. The summed E-state index contributed by atoms with van der Waals surface area (Å²) >= 11 is 1.14. The predicted molar refractivity (Wildman–Crippen MR) is 70.8 cm³/mol. The van der Waals surface area contributed by atoms with Gasteiger partial charge in [0.2, 0.25) is 0 Å². The Morgan fingerprint density at radius 3 is 2.88 bits per heavy atom. The Labute approximate surface area is 107 Å². The summed E-state index contributed by atoms with van der Waals surface area (Å²) in [6.07, 6.45) is 2.54. The zero-order chi connectivity index (χ0) is 12.8. The molecule has 0 bridgehead atoms. The van der Waals surface area contributed by atoms with Crippen LogP contribution >= 0.6 is 11.3 Å². The summed E-state index contributed by atoms with van der Waals surface area (Å²) in [5, 5.41) is 15.8. The highest BCUT2D eigenvalue weighted by Gasteiger charge is 2.09. The Bertz CT molecular complexity index is 406. The van der Waals surface area contributed by atoms with Crippen LogP contribution < -0.4 is 5.32 Å². The lowest BCUT2D eigenvalue weighted by atomic mass is 10.3. The second kappa shape index (κ2) is 6.83. The number of rotatable bonds is 7. The van der Waals surface area contributed by atoms with E-state index >= 15 is 0 Å². The summed E-state index contributed by atoms with van der Waals surface area (Å²) in [4.78, 5) is 10.1. The van der Waals surface area contributed by atoms with E-state index in [4.69, 9.17) is 0 Å². The van der Waals surface area contributed by atoms with E-state index in [-0.39, 0.29) is 15.2 Å². The van der Waals surface area contributed by atoms with Gasteiger partial charge in [-0.05, 0) is 18.5 Å². The molecule has 96 valence electrons. The highest BCUT2D eigenvalue weighted by molar-refractivity contribution is 7.84. The fourth-order valence-corrected chi connectivity index (χ4v) is 2.43. The molecule has 0 radical (unpaired) electrons. The van der Waals surface area contributed by atoms with Crippen LogP contribution in [0.2, 0.25) is 0 Å². The van der Waals surface area contributed by atoms with Crippen LogP contribution in [0, 0.1) is 10.1 Å². The molecule has 2 unspecified atom stereocenters. The lowest BCUT2D eigenvalue weighted by Crippen LogP contribution is -2.20. The molecule has 0 aromatic carbocycles. The van der Waals surface area contributed by atoms with Crippen molar-refractivity contribution in [3.8, 4) is 0 Å². The fraction of sp³-hybridized carbons (Fsp3) is 0.600. The van der Waals surface area contributed by atoms with Crippen LogP contribution in [0.3, 0.4) is 0 Å². The van der Waals surface area contributed by atoms with Crippen LogP contribution in [0.15, 0.2) is 11.4 Å². The minimum Gasteiger partial charge on any atom is -0.313 e. The van der Waals surface area contributed by atoms with Gasteiger partial charge in [-0.1, -0.05) is 18.3 Å². The highest BCUT2D eigenvalue weighted by Crippen LogP contribution is 2.22. The molecule has 7 heteroatoms. The Morgan fingerprint density at radius 1 is 1.65 bits per heavy atom. The maximum absolute atomic E-state index is 11.1. The third-order valence-electron chi connectivity index (χ3n) is 2.44. The minimum absolute atomic E-state index is 0.171.